The van der Waals surface area contributed by atoms with Crippen LogP contribution in [0.1, 0.15) is 48.5 Å². The minimum Gasteiger partial charge on any atom is -0.328 e. The molecule has 1 atom stereocenters. The summed E-state index contributed by atoms with van der Waals surface area (Å²) in [5, 5.41) is 3.23. The Morgan fingerprint density at radius 3 is 2.62 bits per heavy atom. The maximum atomic E-state index is 13.0. The second-order valence-electron chi connectivity index (χ2n) is 8.63. The number of carbonyl (C=O) groups is 3. The highest BCUT2D eigenvalue weighted by Gasteiger charge is 2.50. The van der Waals surface area contributed by atoms with Crippen LogP contribution in [0.25, 0.3) is 0 Å². The summed E-state index contributed by atoms with van der Waals surface area (Å²) in [5.41, 5.74) is 2.00. The molecule has 176 valence electrons. The minimum absolute atomic E-state index is 0.00953. The summed E-state index contributed by atoms with van der Waals surface area (Å²) in [6, 6.07) is 12.2. The molecule has 0 radical (unpaired) electrons. The number of carbonyl (C=O) groups excluding carboxylic acids is 3. The van der Waals surface area contributed by atoms with E-state index in [-0.39, 0.29) is 10.5 Å². The Kier molecular flexibility index (Phi) is 5.16. The van der Waals surface area contributed by atoms with E-state index in [4.69, 9.17) is 0 Å². The normalized spacial score (nSPS) is 23.4. The third-order valence-electron chi connectivity index (χ3n) is 6.37. The van der Waals surface area contributed by atoms with E-state index in [0.717, 1.165) is 19.3 Å². The first-order chi connectivity index (χ1) is 16.2. The topological polar surface area (TPSA) is 128 Å². The number of amides is 4. The van der Waals surface area contributed by atoms with Crippen LogP contribution in [0, 0.1) is 0 Å². The smallest absolute Gasteiger partial charge is 0.328 e. The fourth-order valence-electron chi connectivity index (χ4n) is 4.49. The van der Waals surface area contributed by atoms with Crippen molar-refractivity contribution in [1.82, 2.24) is 15.8 Å². The molecule has 4 amide bonds. The molecular formula is C23H23N5O5S. The molecule has 0 bridgehead atoms. The van der Waals surface area contributed by atoms with Crippen LogP contribution >= 0.6 is 0 Å². The summed E-state index contributed by atoms with van der Waals surface area (Å²) < 4.78 is 29.6. The summed E-state index contributed by atoms with van der Waals surface area (Å²) in [5.74, 6) is -0.923. The minimum atomic E-state index is -3.98. The van der Waals surface area contributed by atoms with Crippen LogP contribution in [0.3, 0.4) is 0 Å². The number of nitrogens with zero attached hydrogens (tertiary/aromatic N) is 3. The van der Waals surface area contributed by atoms with Gasteiger partial charge >= 0.3 is 6.03 Å². The van der Waals surface area contributed by atoms with Gasteiger partial charge in [0.15, 0.2) is 0 Å². The van der Waals surface area contributed by atoms with E-state index in [1.54, 1.807) is 43.3 Å². The van der Waals surface area contributed by atoms with Crippen molar-refractivity contribution >= 4 is 39.4 Å². The number of urea groups is 1. The first kappa shape index (κ1) is 22.1. The standard InChI is InChI=1S/C23H23N5O5S/c1-23(16-8-4-2-5-9-16)21(30)28(22(31)24-23)25-20(29)15-11-12-17-18(14-15)34(32,33)26-19-10-6-3-7-13-27(17)19/h2,4-5,8-9,11-12,14H,3,6-7,10,13H2,1H3,(H,24,31)(H,25,29)/t23-/m0/s1. The van der Waals surface area contributed by atoms with Crippen molar-refractivity contribution in [1.29, 1.82) is 0 Å². The lowest BCUT2D eigenvalue weighted by atomic mass is 9.92. The highest BCUT2D eigenvalue weighted by molar-refractivity contribution is 7.90. The lowest BCUT2D eigenvalue weighted by Gasteiger charge is -2.29. The Balaban J connectivity index is 1.42. The van der Waals surface area contributed by atoms with Gasteiger partial charge in [-0.2, -0.15) is 13.4 Å². The zero-order valence-electron chi connectivity index (χ0n) is 18.4. The van der Waals surface area contributed by atoms with E-state index in [0.29, 0.717) is 35.1 Å². The fourth-order valence-corrected chi connectivity index (χ4v) is 5.78. The van der Waals surface area contributed by atoms with E-state index in [1.165, 1.54) is 12.1 Å². The zero-order valence-corrected chi connectivity index (χ0v) is 19.3. The van der Waals surface area contributed by atoms with Crippen LogP contribution in [0.5, 0.6) is 0 Å². The molecule has 2 saturated heterocycles. The van der Waals surface area contributed by atoms with Crippen LogP contribution < -0.4 is 15.6 Å². The van der Waals surface area contributed by atoms with Gasteiger partial charge in [-0.25, -0.2) is 4.79 Å². The summed E-state index contributed by atoms with van der Waals surface area (Å²) in [7, 11) is -3.98. The maximum absolute atomic E-state index is 13.0. The van der Waals surface area contributed by atoms with Gasteiger partial charge < -0.3 is 10.2 Å². The molecule has 2 fully saturated rings. The van der Waals surface area contributed by atoms with Crippen LogP contribution in [0.2, 0.25) is 0 Å². The molecule has 0 unspecified atom stereocenters. The average Bonchev–Trinajstić information content (AvgIpc) is 2.97. The Bertz CT molecular complexity index is 1340. The second-order valence-corrected chi connectivity index (χ2v) is 10.2. The molecule has 2 aromatic rings. The van der Waals surface area contributed by atoms with Gasteiger partial charge in [0.25, 0.3) is 21.8 Å². The number of anilines is 1. The molecule has 0 aliphatic carbocycles. The largest absolute Gasteiger partial charge is 0.344 e. The molecule has 3 heterocycles. The summed E-state index contributed by atoms with van der Waals surface area (Å²) in [6.45, 7) is 2.20. The molecule has 0 saturated carbocycles. The van der Waals surface area contributed by atoms with Gasteiger partial charge in [0.05, 0.1) is 5.69 Å². The van der Waals surface area contributed by atoms with Crippen molar-refractivity contribution in [3.63, 3.8) is 0 Å². The molecule has 3 aliphatic rings. The van der Waals surface area contributed by atoms with Gasteiger partial charge in [-0.15, -0.1) is 4.40 Å². The molecule has 11 heteroatoms. The summed E-state index contributed by atoms with van der Waals surface area (Å²) in [6.07, 6.45) is 3.34. The van der Waals surface area contributed by atoms with Crippen molar-refractivity contribution in [2.45, 2.75) is 43.0 Å². The van der Waals surface area contributed by atoms with Gasteiger partial charge in [0.2, 0.25) is 0 Å². The number of hydrogen-bond acceptors (Lipinski definition) is 6. The molecule has 34 heavy (non-hydrogen) atoms. The molecule has 0 spiro atoms. The predicted molar refractivity (Wildman–Crippen MR) is 124 cm³/mol. The molecule has 5 rings (SSSR count). The molecule has 3 aliphatic heterocycles. The van der Waals surface area contributed by atoms with Crippen LogP contribution in [0.4, 0.5) is 10.5 Å². The highest BCUT2D eigenvalue weighted by atomic mass is 32.2. The molecule has 2 N–H and O–H groups in total. The first-order valence-electron chi connectivity index (χ1n) is 11.0. The Labute approximate surface area is 196 Å². The molecular weight excluding hydrogens is 458 g/mol. The lowest BCUT2D eigenvalue weighted by Crippen LogP contribution is -2.48. The van der Waals surface area contributed by atoms with E-state index in [2.05, 4.69) is 15.1 Å². The third kappa shape index (κ3) is 3.52. The summed E-state index contributed by atoms with van der Waals surface area (Å²) in [4.78, 5) is 40.3. The van der Waals surface area contributed by atoms with Gasteiger partial charge in [0, 0.05) is 18.5 Å². The second kappa shape index (κ2) is 7.94. The van der Waals surface area contributed by atoms with E-state index in [9.17, 15) is 22.8 Å². The van der Waals surface area contributed by atoms with Crippen molar-refractivity contribution in [3.05, 3.63) is 59.7 Å². The number of amidine groups is 1. The van der Waals surface area contributed by atoms with Crippen molar-refractivity contribution in [2.24, 2.45) is 4.40 Å². The fraction of sp³-hybridized carbons (Fsp3) is 0.304. The monoisotopic (exact) mass is 481 g/mol. The number of nitrogens with one attached hydrogen (secondary N) is 2. The van der Waals surface area contributed by atoms with Crippen LogP contribution in [-0.4, -0.2) is 43.7 Å². The van der Waals surface area contributed by atoms with Gasteiger partial charge in [-0.1, -0.05) is 36.8 Å². The number of fused-ring (bicyclic) bond motifs is 3. The maximum Gasteiger partial charge on any atom is 0.344 e. The average molecular weight is 482 g/mol. The van der Waals surface area contributed by atoms with E-state index in [1.807, 2.05) is 4.90 Å². The summed E-state index contributed by atoms with van der Waals surface area (Å²) >= 11 is 0. The number of imide groups is 1. The lowest BCUT2D eigenvalue weighted by molar-refractivity contribution is -0.132. The number of sulfonamides is 1. The Morgan fingerprint density at radius 1 is 1.09 bits per heavy atom. The Morgan fingerprint density at radius 2 is 1.85 bits per heavy atom. The highest BCUT2D eigenvalue weighted by Crippen LogP contribution is 2.35. The van der Waals surface area contributed by atoms with Gasteiger partial charge in [0.1, 0.15) is 16.3 Å². The van der Waals surface area contributed by atoms with Crippen molar-refractivity contribution in [3.8, 4) is 0 Å². The van der Waals surface area contributed by atoms with E-state index >= 15 is 0 Å². The number of rotatable bonds is 3. The number of benzene rings is 2. The van der Waals surface area contributed by atoms with Crippen molar-refractivity contribution in [2.75, 3.05) is 11.4 Å². The molecule has 2 aromatic carbocycles. The van der Waals surface area contributed by atoms with Gasteiger partial charge in [-0.05, 0) is 43.5 Å². The third-order valence-corrected chi connectivity index (χ3v) is 7.70. The van der Waals surface area contributed by atoms with Crippen molar-refractivity contribution < 1.29 is 22.8 Å². The number of hydrogen-bond donors (Lipinski definition) is 2. The van der Waals surface area contributed by atoms with Crippen LogP contribution in [-0.2, 0) is 20.4 Å². The first-order valence-corrected chi connectivity index (χ1v) is 12.4. The van der Waals surface area contributed by atoms with E-state index < -0.39 is 33.4 Å². The quantitative estimate of drug-likeness (QED) is 0.648. The van der Waals surface area contributed by atoms with Crippen LogP contribution in [0.15, 0.2) is 57.8 Å². The number of hydrazine groups is 1. The predicted octanol–water partition coefficient (Wildman–Crippen LogP) is 2.28. The van der Waals surface area contributed by atoms with Gasteiger partial charge in [-0.3, -0.25) is 15.0 Å². The zero-order chi connectivity index (χ0) is 24.1. The SMILES string of the molecule is C[C@@]1(c2ccccc2)NC(=O)N(NC(=O)c2ccc3c(c2)S(=O)(=O)N=C2CCCCCN23)C1=O. The Hall–Kier alpha value is -3.73. The molecule has 0 aromatic heterocycles. The molecule has 10 nitrogen and oxygen atoms in total.